The molecule has 5 rings (SSSR count). The third kappa shape index (κ3) is 6.63. The maximum Gasteiger partial charge on any atom is 0.137 e. The standard InChI is InChI=1S/C32H33N3O2/c36-28(14-11-26-6-5-17-34-23-26)22-25-12-15-29(16-13-25)37-24-27-7-1-2-8-30(27)31-9-3-4-10-32(31)35-20-18-33-19-21-35/h1-10,12-13,15-17,23,33H,11,14,18-22,24H2. The number of aromatic nitrogens is 1. The van der Waals surface area contributed by atoms with Gasteiger partial charge in [-0.3, -0.25) is 9.78 Å². The molecule has 0 radical (unpaired) electrons. The van der Waals surface area contributed by atoms with Gasteiger partial charge >= 0.3 is 0 Å². The number of pyridine rings is 1. The zero-order valence-corrected chi connectivity index (χ0v) is 21.1. The lowest BCUT2D eigenvalue weighted by Gasteiger charge is -2.31. The Morgan fingerprint density at radius 3 is 2.38 bits per heavy atom. The first-order valence-corrected chi connectivity index (χ1v) is 13.0. The van der Waals surface area contributed by atoms with Crippen LogP contribution in [0.15, 0.2) is 97.3 Å². The van der Waals surface area contributed by atoms with Crippen molar-refractivity contribution in [1.29, 1.82) is 0 Å². The molecule has 0 atom stereocenters. The lowest BCUT2D eigenvalue weighted by Crippen LogP contribution is -2.43. The highest BCUT2D eigenvalue weighted by Gasteiger charge is 2.16. The number of piperazine rings is 1. The van der Waals surface area contributed by atoms with E-state index < -0.39 is 0 Å². The van der Waals surface area contributed by atoms with Crippen LogP contribution < -0.4 is 15.0 Å². The van der Waals surface area contributed by atoms with Gasteiger partial charge in [0, 0.05) is 62.7 Å². The minimum absolute atomic E-state index is 0.231. The fourth-order valence-electron chi connectivity index (χ4n) is 4.80. The third-order valence-electron chi connectivity index (χ3n) is 6.80. The topological polar surface area (TPSA) is 54.5 Å². The van der Waals surface area contributed by atoms with Gasteiger partial charge in [-0.15, -0.1) is 0 Å². The van der Waals surface area contributed by atoms with Crippen LogP contribution in [0.3, 0.4) is 0 Å². The molecule has 4 aromatic rings. The predicted molar refractivity (Wildman–Crippen MR) is 149 cm³/mol. The fraction of sp³-hybridized carbons (Fsp3) is 0.250. The zero-order chi connectivity index (χ0) is 25.3. The molecule has 2 heterocycles. The lowest BCUT2D eigenvalue weighted by molar-refractivity contribution is -0.118. The Hall–Kier alpha value is -3.96. The number of ether oxygens (including phenoxy) is 1. The number of nitrogens with zero attached hydrogens (tertiary/aromatic N) is 2. The van der Waals surface area contributed by atoms with Crippen molar-refractivity contribution in [3.05, 3.63) is 114 Å². The molecule has 0 aliphatic carbocycles. The first kappa shape index (κ1) is 24.7. The number of ketones is 1. The second kappa shape index (κ2) is 12.3. The van der Waals surface area contributed by atoms with E-state index in [9.17, 15) is 4.79 Å². The van der Waals surface area contributed by atoms with E-state index >= 15 is 0 Å². The summed E-state index contributed by atoms with van der Waals surface area (Å²) in [5, 5.41) is 3.44. The number of carbonyl (C=O) groups excluding carboxylic acids is 1. The van der Waals surface area contributed by atoms with Crippen LogP contribution in [0.4, 0.5) is 5.69 Å². The third-order valence-corrected chi connectivity index (χ3v) is 6.80. The number of aryl methyl sites for hydroxylation is 1. The Kier molecular flexibility index (Phi) is 8.24. The molecule has 0 unspecified atom stereocenters. The second-order valence-electron chi connectivity index (χ2n) is 9.42. The number of rotatable bonds is 10. The molecule has 188 valence electrons. The predicted octanol–water partition coefficient (Wildman–Crippen LogP) is 5.48. The van der Waals surface area contributed by atoms with Crippen LogP contribution in [0, 0.1) is 0 Å². The highest BCUT2D eigenvalue weighted by molar-refractivity contribution is 5.81. The Morgan fingerprint density at radius 1 is 0.838 bits per heavy atom. The van der Waals surface area contributed by atoms with Crippen LogP contribution in [-0.2, 0) is 24.2 Å². The average Bonchev–Trinajstić information content (AvgIpc) is 2.97. The second-order valence-corrected chi connectivity index (χ2v) is 9.42. The molecule has 1 N–H and O–H groups in total. The van der Waals surface area contributed by atoms with Gasteiger partial charge < -0.3 is 15.0 Å². The summed E-state index contributed by atoms with van der Waals surface area (Å²) in [5.74, 6) is 1.03. The minimum Gasteiger partial charge on any atom is -0.489 e. The summed E-state index contributed by atoms with van der Waals surface area (Å²) in [6.07, 6.45) is 5.26. The molecule has 1 aromatic heterocycles. The number of para-hydroxylation sites is 1. The molecule has 37 heavy (non-hydrogen) atoms. The minimum atomic E-state index is 0.231. The number of benzene rings is 3. The summed E-state index contributed by atoms with van der Waals surface area (Å²) in [7, 11) is 0. The molecule has 1 aliphatic rings. The summed E-state index contributed by atoms with van der Waals surface area (Å²) in [5.41, 5.74) is 6.97. The van der Waals surface area contributed by atoms with Crippen molar-refractivity contribution in [2.75, 3.05) is 31.1 Å². The highest BCUT2D eigenvalue weighted by atomic mass is 16.5. The Labute approximate surface area is 219 Å². The van der Waals surface area contributed by atoms with Gasteiger partial charge in [-0.05, 0) is 52.9 Å². The summed E-state index contributed by atoms with van der Waals surface area (Å²) in [6.45, 7) is 4.51. The van der Waals surface area contributed by atoms with E-state index in [-0.39, 0.29) is 5.78 Å². The number of anilines is 1. The summed E-state index contributed by atoms with van der Waals surface area (Å²) < 4.78 is 6.19. The molecule has 1 aliphatic heterocycles. The molecule has 0 bridgehead atoms. The number of hydrogen-bond donors (Lipinski definition) is 1. The largest absolute Gasteiger partial charge is 0.489 e. The van der Waals surface area contributed by atoms with Crippen LogP contribution in [0.2, 0.25) is 0 Å². The molecule has 0 spiro atoms. The SMILES string of the molecule is O=C(CCc1cccnc1)Cc1ccc(OCc2ccccc2-c2ccccc2N2CCNCC2)cc1. The van der Waals surface area contributed by atoms with Crippen molar-refractivity contribution in [1.82, 2.24) is 10.3 Å². The van der Waals surface area contributed by atoms with Gasteiger partial charge in [0.25, 0.3) is 0 Å². The lowest BCUT2D eigenvalue weighted by atomic mass is 9.97. The Bertz CT molecular complexity index is 1300. The molecule has 1 saturated heterocycles. The van der Waals surface area contributed by atoms with Crippen LogP contribution >= 0.6 is 0 Å². The molecule has 0 amide bonds. The number of nitrogens with one attached hydrogen (secondary N) is 1. The van der Waals surface area contributed by atoms with Gasteiger partial charge in [-0.2, -0.15) is 0 Å². The van der Waals surface area contributed by atoms with Crippen LogP contribution in [0.1, 0.15) is 23.1 Å². The average molecular weight is 492 g/mol. The fourth-order valence-corrected chi connectivity index (χ4v) is 4.80. The first-order valence-electron chi connectivity index (χ1n) is 13.0. The van der Waals surface area contributed by atoms with Crippen molar-refractivity contribution < 1.29 is 9.53 Å². The molecular weight excluding hydrogens is 458 g/mol. The van der Waals surface area contributed by atoms with Crippen molar-refractivity contribution in [3.8, 4) is 16.9 Å². The van der Waals surface area contributed by atoms with Gasteiger partial charge in [-0.1, -0.05) is 60.7 Å². The molecule has 1 fully saturated rings. The quantitative estimate of drug-likeness (QED) is 0.318. The molecule has 0 saturated carbocycles. The zero-order valence-electron chi connectivity index (χ0n) is 21.1. The Morgan fingerprint density at radius 2 is 1.59 bits per heavy atom. The van der Waals surface area contributed by atoms with Crippen LogP contribution in [-0.4, -0.2) is 36.9 Å². The molecule has 5 nitrogen and oxygen atoms in total. The number of carbonyl (C=O) groups is 1. The molecule has 3 aromatic carbocycles. The van der Waals surface area contributed by atoms with Crippen molar-refractivity contribution in [3.63, 3.8) is 0 Å². The van der Waals surface area contributed by atoms with Crippen molar-refractivity contribution in [2.45, 2.75) is 25.9 Å². The van der Waals surface area contributed by atoms with E-state index in [2.05, 4.69) is 63.7 Å². The maximum atomic E-state index is 12.4. The van der Waals surface area contributed by atoms with E-state index in [1.165, 1.54) is 16.8 Å². The van der Waals surface area contributed by atoms with Gasteiger partial charge in [0.15, 0.2) is 0 Å². The maximum absolute atomic E-state index is 12.4. The van der Waals surface area contributed by atoms with E-state index in [0.29, 0.717) is 19.4 Å². The normalized spacial score (nSPS) is 13.4. The van der Waals surface area contributed by atoms with E-state index in [1.807, 2.05) is 42.6 Å². The van der Waals surface area contributed by atoms with Crippen LogP contribution in [0.25, 0.3) is 11.1 Å². The van der Waals surface area contributed by atoms with Crippen LogP contribution in [0.5, 0.6) is 5.75 Å². The number of hydrogen-bond acceptors (Lipinski definition) is 5. The van der Waals surface area contributed by atoms with Gasteiger partial charge in [0.2, 0.25) is 0 Å². The van der Waals surface area contributed by atoms with Crippen molar-refractivity contribution >= 4 is 11.5 Å². The Balaban J connectivity index is 1.21. The van der Waals surface area contributed by atoms with Crippen molar-refractivity contribution in [2.24, 2.45) is 0 Å². The number of Topliss-reactive ketones (excluding diaryl/α,β-unsaturated/α-hetero) is 1. The first-order chi connectivity index (χ1) is 18.3. The van der Waals surface area contributed by atoms with Gasteiger partial charge in [0.05, 0.1) is 0 Å². The summed E-state index contributed by atoms with van der Waals surface area (Å²) in [4.78, 5) is 19.0. The molecular formula is C32H33N3O2. The van der Waals surface area contributed by atoms with E-state index in [4.69, 9.17) is 4.74 Å². The molecule has 5 heteroatoms. The smallest absolute Gasteiger partial charge is 0.137 e. The monoisotopic (exact) mass is 491 g/mol. The highest BCUT2D eigenvalue weighted by Crippen LogP contribution is 2.33. The van der Waals surface area contributed by atoms with E-state index in [0.717, 1.165) is 55.0 Å². The summed E-state index contributed by atoms with van der Waals surface area (Å²) >= 11 is 0. The van der Waals surface area contributed by atoms with Gasteiger partial charge in [-0.25, -0.2) is 0 Å². The van der Waals surface area contributed by atoms with E-state index in [1.54, 1.807) is 6.20 Å². The van der Waals surface area contributed by atoms with Gasteiger partial charge in [0.1, 0.15) is 18.1 Å². The summed E-state index contributed by atoms with van der Waals surface area (Å²) in [6, 6.07) is 28.9.